The predicted octanol–water partition coefficient (Wildman–Crippen LogP) is 3.95. The van der Waals surface area contributed by atoms with Crippen molar-refractivity contribution in [3.8, 4) is 0 Å². The number of nitrogens with zero attached hydrogens (tertiary/aromatic N) is 1. The number of carbonyl (C=O) groups is 2. The summed E-state index contributed by atoms with van der Waals surface area (Å²) in [4.78, 5) is 26.5. The number of nitrogens with one attached hydrogen (secondary N) is 1. The Bertz CT molecular complexity index is 766. The van der Waals surface area contributed by atoms with Crippen molar-refractivity contribution in [3.63, 3.8) is 0 Å². The van der Waals surface area contributed by atoms with Crippen molar-refractivity contribution in [2.45, 2.75) is 19.8 Å². The van der Waals surface area contributed by atoms with Crippen LogP contribution in [-0.4, -0.2) is 29.8 Å². The molecule has 0 saturated carbocycles. The highest BCUT2D eigenvalue weighted by Crippen LogP contribution is 2.19. The fourth-order valence-corrected chi connectivity index (χ4v) is 2.93. The maximum Gasteiger partial charge on any atom is 0.258 e. The second-order valence-corrected chi connectivity index (χ2v) is 6.49. The van der Waals surface area contributed by atoms with Gasteiger partial charge in [0.25, 0.3) is 11.8 Å². The van der Waals surface area contributed by atoms with Gasteiger partial charge in [-0.25, -0.2) is 4.39 Å². The SMILES string of the molecule is CC1CCN(C(=O)c2ccc(NC(=O)c3ccccc3F)cc2)CC1. The molecule has 0 atom stereocenters. The Balaban J connectivity index is 1.65. The summed E-state index contributed by atoms with van der Waals surface area (Å²) in [7, 11) is 0. The van der Waals surface area contributed by atoms with Crippen molar-refractivity contribution in [3.05, 3.63) is 65.5 Å². The number of rotatable bonds is 3. The smallest absolute Gasteiger partial charge is 0.258 e. The summed E-state index contributed by atoms with van der Waals surface area (Å²) < 4.78 is 13.6. The molecule has 1 aliphatic rings. The molecule has 3 rings (SSSR count). The van der Waals surface area contributed by atoms with Crippen LogP contribution in [0.3, 0.4) is 0 Å². The van der Waals surface area contributed by atoms with Crippen LogP contribution in [-0.2, 0) is 0 Å². The van der Waals surface area contributed by atoms with Crippen LogP contribution in [0.1, 0.15) is 40.5 Å². The van der Waals surface area contributed by atoms with Gasteiger partial charge in [-0.05, 0) is 55.2 Å². The fraction of sp³-hybridized carbons (Fsp3) is 0.300. The maximum absolute atomic E-state index is 13.6. The Kier molecular flexibility index (Phi) is 5.12. The van der Waals surface area contributed by atoms with Gasteiger partial charge < -0.3 is 10.2 Å². The van der Waals surface area contributed by atoms with Crippen LogP contribution in [0.4, 0.5) is 10.1 Å². The third kappa shape index (κ3) is 4.05. The minimum absolute atomic E-state index is 0.00918. The van der Waals surface area contributed by atoms with Crippen LogP contribution in [0.2, 0.25) is 0 Å². The molecule has 0 aromatic heterocycles. The lowest BCUT2D eigenvalue weighted by molar-refractivity contribution is 0.0697. The third-order valence-corrected chi connectivity index (χ3v) is 4.58. The van der Waals surface area contributed by atoms with Crippen molar-refractivity contribution in [1.29, 1.82) is 0 Å². The van der Waals surface area contributed by atoms with Crippen LogP contribution in [0.25, 0.3) is 0 Å². The number of carbonyl (C=O) groups excluding carboxylic acids is 2. The summed E-state index contributed by atoms with van der Waals surface area (Å²) in [5, 5.41) is 2.65. The summed E-state index contributed by atoms with van der Waals surface area (Å²) in [5.74, 6) is -0.396. The van der Waals surface area contributed by atoms with E-state index in [2.05, 4.69) is 12.2 Å². The van der Waals surface area contributed by atoms with Crippen molar-refractivity contribution < 1.29 is 14.0 Å². The highest BCUT2D eigenvalue weighted by Gasteiger charge is 2.21. The summed E-state index contributed by atoms with van der Waals surface area (Å²) in [6.07, 6.45) is 2.06. The number of amides is 2. The van der Waals surface area contributed by atoms with E-state index in [1.54, 1.807) is 30.3 Å². The van der Waals surface area contributed by atoms with E-state index in [0.29, 0.717) is 17.2 Å². The topological polar surface area (TPSA) is 49.4 Å². The van der Waals surface area contributed by atoms with E-state index in [1.807, 2.05) is 4.90 Å². The largest absolute Gasteiger partial charge is 0.339 e. The lowest BCUT2D eigenvalue weighted by atomic mass is 9.98. The molecule has 1 heterocycles. The lowest BCUT2D eigenvalue weighted by Gasteiger charge is -2.30. The van der Waals surface area contributed by atoms with Crippen molar-refractivity contribution in [2.24, 2.45) is 5.92 Å². The fourth-order valence-electron chi connectivity index (χ4n) is 2.93. The first-order chi connectivity index (χ1) is 12.0. The van der Waals surface area contributed by atoms with Crippen molar-refractivity contribution in [2.75, 3.05) is 18.4 Å². The first kappa shape index (κ1) is 17.1. The van der Waals surface area contributed by atoms with Crippen LogP contribution >= 0.6 is 0 Å². The highest BCUT2D eigenvalue weighted by atomic mass is 19.1. The number of benzene rings is 2. The molecule has 0 radical (unpaired) electrons. The molecule has 2 aromatic rings. The van der Waals surface area contributed by atoms with Crippen LogP contribution in [0, 0.1) is 11.7 Å². The molecule has 0 unspecified atom stereocenters. The molecule has 0 spiro atoms. The number of hydrogen-bond donors (Lipinski definition) is 1. The highest BCUT2D eigenvalue weighted by molar-refractivity contribution is 6.04. The predicted molar refractivity (Wildman–Crippen MR) is 95.1 cm³/mol. The van der Waals surface area contributed by atoms with Gasteiger partial charge in [0.1, 0.15) is 5.82 Å². The van der Waals surface area contributed by atoms with Gasteiger partial charge >= 0.3 is 0 Å². The number of halogens is 1. The molecule has 2 amide bonds. The average molecular weight is 340 g/mol. The Labute approximate surface area is 146 Å². The second-order valence-electron chi connectivity index (χ2n) is 6.49. The molecule has 5 heteroatoms. The normalized spacial score (nSPS) is 15.0. The molecule has 1 aliphatic heterocycles. The average Bonchev–Trinajstić information content (AvgIpc) is 2.63. The summed E-state index contributed by atoms with van der Waals surface area (Å²) >= 11 is 0. The van der Waals surface area contributed by atoms with Crippen LogP contribution < -0.4 is 5.32 Å². The van der Waals surface area contributed by atoms with Gasteiger partial charge in [-0.2, -0.15) is 0 Å². The lowest BCUT2D eigenvalue weighted by Crippen LogP contribution is -2.37. The molecule has 4 nitrogen and oxygen atoms in total. The molecule has 25 heavy (non-hydrogen) atoms. The van der Waals surface area contributed by atoms with Crippen molar-refractivity contribution in [1.82, 2.24) is 4.90 Å². The van der Waals surface area contributed by atoms with E-state index < -0.39 is 11.7 Å². The van der Waals surface area contributed by atoms with Gasteiger partial charge in [0.15, 0.2) is 0 Å². The van der Waals surface area contributed by atoms with Crippen LogP contribution in [0.5, 0.6) is 0 Å². The minimum atomic E-state index is -0.564. The Hall–Kier alpha value is -2.69. The number of piperidine rings is 1. The molecule has 1 N–H and O–H groups in total. The first-order valence-electron chi connectivity index (χ1n) is 8.50. The maximum atomic E-state index is 13.6. The van der Waals surface area contributed by atoms with Gasteiger partial charge in [-0.15, -0.1) is 0 Å². The third-order valence-electron chi connectivity index (χ3n) is 4.58. The van der Waals surface area contributed by atoms with E-state index in [1.165, 1.54) is 18.2 Å². The molecular formula is C20H21FN2O2. The number of anilines is 1. The van der Waals surface area contributed by atoms with E-state index in [0.717, 1.165) is 25.9 Å². The van der Waals surface area contributed by atoms with E-state index >= 15 is 0 Å². The van der Waals surface area contributed by atoms with E-state index in [-0.39, 0.29) is 11.5 Å². The first-order valence-corrected chi connectivity index (χ1v) is 8.50. The Morgan fingerprint density at radius 2 is 1.68 bits per heavy atom. The number of likely N-dealkylation sites (tertiary alicyclic amines) is 1. The quantitative estimate of drug-likeness (QED) is 0.920. The Morgan fingerprint density at radius 1 is 1.04 bits per heavy atom. The molecule has 130 valence electrons. The number of hydrogen-bond acceptors (Lipinski definition) is 2. The van der Waals surface area contributed by atoms with Gasteiger partial charge in [-0.3, -0.25) is 9.59 Å². The van der Waals surface area contributed by atoms with Crippen molar-refractivity contribution >= 4 is 17.5 Å². The standard InChI is InChI=1S/C20H21FN2O2/c1-14-10-12-23(13-11-14)20(25)15-6-8-16(9-7-15)22-19(24)17-4-2-3-5-18(17)21/h2-9,14H,10-13H2,1H3,(H,22,24). The second kappa shape index (κ2) is 7.47. The monoisotopic (exact) mass is 340 g/mol. The summed E-state index contributed by atoms with van der Waals surface area (Å²) in [6, 6.07) is 12.5. The molecular weight excluding hydrogens is 319 g/mol. The summed E-state index contributed by atoms with van der Waals surface area (Å²) in [5.41, 5.74) is 1.11. The minimum Gasteiger partial charge on any atom is -0.339 e. The Morgan fingerprint density at radius 3 is 2.32 bits per heavy atom. The van der Waals surface area contributed by atoms with Gasteiger partial charge in [-0.1, -0.05) is 19.1 Å². The van der Waals surface area contributed by atoms with Gasteiger partial charge in [0.05, 0.1) is 5.56 Å². The zero-order valence-corrected chi connectivity index (χ0v) is 14.2. The van der Waals surface area contributed by atoms with Crippen LogP contribution in [0.15, 0.2) is 48.5 Å². The van der Waals surface area contributed by atoms with Gasteiger partial charge in [0.2, 0.25) is 0 Å². The summed E-state index contributed by atoms with van der Waals surface area (Å²) in [6.45, 7) is 3.77. The zero-order valence-electron chi connectivity index (χ0n) is 14.2. The van der Waals surface area contributed by atoms with Gasteiger partial charge in [0, 0.05) is 24.3 Å². The van der Waals surface area contributed by atoms with E-state index in [9.17, 15) is 14.0 Å². The molecule has 0 bridgehead atoms. The molecule has 2 aromatic carbocycles. The van der Waals surface area contributed by atoms with E-state index in [4.69, 9.17) is 0 Å². The zero-order chi connectivity index (χ0) is 17.8. The molecule has 0 aliphatic carbocycles. The molecule has 1 saturated heterocycles. The molecule has 1 fully saturated rings.